The van der Waals surface area contributed by atoms with Crippen molar-refractivity contribution >= 4 is 11.8 Å². The molecule has 0 fully saturated rings. The first-order valence-corrected chi connectivity index (χ1v) is 9.38. The van der Waals surface area contributed by atoms with Crippen molar-refractivity contribution in [2.24, 2.45) is 0 Å². The molecular weight excluding hydrogens is 356 g/mol. The highest BCUT2D eigenvalue weighted by atomic mass is 16.6. The number of likely N-dealkylation sites (N-methyl/N-ethyl adjacent to an activating group) is 1. The number of ether oxygens (including phenoxy) is 2. The molecule has 1 aliphatic heterocycles. The Kier molecular flexibility index (Phi) is 6.19. The minimum Gasteiger partial charge on any atom is -0.486 e. The molecule has 0 aromatic heterocycles. The summed E-state index contributed by atoms with van der Waals surface area (Å²) in [5.74, 6) is 1.18. The number of aryl methyl sites for hydroxylation is 1. The second kappa shape index (κ2) is 8.78. The van der Waals surface area contributed by atoms with E-state index in [9.17, 15) is 9.59 Å². The number of nitrogens with one attached hydrogen (secondary N) is 1. The van der Waals surface area contributed by atoms with Crippen molar-refractivity contribution in [3.63, 3.8) is 0 Å². The normalized spacial score (nSPS) is 16.2. The summed E-state index contributed by atoms with van der Waals surface area (Å²) >= 11 is 0. The fraction of sp³-hybridized carbons (Fsp3) is 0.364. The van der Waals surface area contributed by atoms with Gasteiger partial charge in [-0.15, -0.1) is 0 Å². The first-order valence-electron chi connectivity index (χ1n) is 9.38. The largest absolute Gasteiger partial charge is 0.486 e. The number of nitrogens with zero attached hydrogens (tertiary/aromatic N) is 1. The highest BCUT2D eigenvalue weighted by Crippen LogP contribution is 2.31. The maximum atomic E-state index is 12.8. The Balaban J connectivity index is 1.61. The third-order valence-electron chi connectivity index (χ3n) is 4.71. The van der Waals surface area contributed by atoms with Gasteiger partial charge in [-0.05, 0) is 24.6 Å². The summed E-state index contributed by atoms with van der Waals surface area (Å²) in [5.41, 5.74) is 2.04. The SMILES string of the molecule is CC(=O)NC(CC(=O)N(C)CC1COc2ccccc2O1)c1ccc(C)cc1. The highest BCUT2D eigenvalue weighted by molar-refractivity contribution is 5.79. The summed E-state index contributed by atoms with van der Waals surface area (Å²) < 4.78 is 11.6. The van der Waals surface area contributed by atoms with Gasteiger partial charge in [0.15, 0.2) is 17.6 Å². The summed E-state index contributed by atoms with van der Waals surface area (Å²) in [7, 11) is 1.74. The van der Waals surface area contributed by atoms with Crippen molar-refractivity contribution in [3.05, 3.63) is 59.7 Å². The van der Waals surface area contributed by atoms with Gasteiger partial charge >= 0.3 is 0 Å². The van der Waals surface area contributed by atoms with E-state index < -0.39 is 0 Å². The lowest BCUT2D eigenvalue weighted by atomic mass is 10.0. The van der Waals surface area contributed by atoms with Gasteiger partial charge in [-0.25, -0.2) is 0 Å². The van der Waals surface area contributed by atoms with Gasteiger partial charge in [-0.3, -0.25) is 9.59 Å². The number of carbonyl (C=O) groups is 2. The monoisotopic (exact) mass is 382 g/mol. The zero-order valence-corrected chi connectivity index (χ0v) is 16.5. The Bertz CT molecular complexity index is 835. The third-order valence-corrected chi connectivity index (χ3v) is 4.71. The number of fused-ring (bicyclic) bond motifs is 1. The molecule has 1 N–H and O–H groups in total. The van der Waals surface area contributed by atoms with Gasteiger partial charge in [0.2, 0.25) is 11.8 Å². The van der Waals surface area contributed by atoms with Gasteiger partial charge in [-0.2, -0.15) is 0 Å². The van der Waals surface area contributed by atoms with Gasteiger partial charge < -0.3 is 19.7 Å². The van der Waals surface area contributed by atoms with Crippen LogP contribution in [0.2, 0.25) is 0 Å². The van der Waals surface area contributed by atoms with Crippen LogP contribution in [0.4, 0.5) is 0 Å². The van der Waals surface area contributed by atoms with Crippen molar-refractivity contribution in [2.45, 2.75) is 32.4 Å². The number of para-hydroxylation sites is 2. The minimum atomic E-state index is -0.364. The Morgan fingerprint density at radius 1 is 1.14 bits per heavy atom. The summed E-state index contributed by atoms with van der Waals surface area (Å²) in [6.07, 6.45) is -0.0500. The van der Waals surface area contributed by atoms with Gasteiger partial charge in [0.25, 0.3) is 0 Å². The predicted molar refractivity (Wildman–Crippen MR) is 106 cm³/mol. The van der Waals surface area contributed by atoms with E-state index in [1.165, 1.54) is 6.92 Å². The van der Waals surface area contributed by atoms with Crippen LogP contribution in [0.3, 0.4) is 0 Å². The number of hydrogen-bond acceptors (Lipinski definition) is 4. The molecule has 6 heteroatoms. The lowest BCUT2D eigenvalue weighted by Gasteiger charge is -2.30. The van der Waals surface area contributed by atoms with E-state index in [4.69, 9.17) is 9.47 Å². The second-order valence-corrected chi connectivity index (χ2v) is 7.14. The standard InChI is InChI=1S/C22H26N2O4/c1-15-8-10-17(11-9-15)19(23-16(2)25)12-22(26)24(3)13-18-14-27-20-6-4-5-7-21(20)28-18/h4-11,18-19H,12-14H2,1-3H3,(H,23,25). The fourth-order valence-electron chi connectivity index (χ4n) is 3.19. The Hall–Kier alpha value is -3.02. The lowest BCUT2D eigenvalue weighted by molar-refractivity contribution is -0.132. The third kappa shape index (κ3) is 5.03. The molecule has 148 valence electrons. The first-order chi connectivity index (χ1) is 13.4. The van der Waals surface area contributed by atoms with Crippen LogP contribution in [0.5, 0.6) is 11.5 Å². The molecule has 0 saturated carbocycles. The topological polar surface area (TPSA) is 67.9 Å². The van der Waals surface area contributed by atoms with Crippen molar-refractivity contribution in [1.29, 1.82) is 0 Å². The zero-order valence-electron chi connectivity index (χ0n) is 16.5. The molecule has 0 radical (unpaired) electrons. The van der Waals surface area contributed by atoms with E-state index in [1.807, 2.05) is 55.5 Å². The molecule has 0 saturated heterocycles. The van der Waals surface area contributed by atoms with Crippen molar-refractivity contribution in [3.8, 4) is 11.5 Å². The van der Waals surface area contributed by atoms with E-state index >= 15 is 0 Å². The van der Waals surface area contributed by atoms with Crippen molar-refractivity contribution in [1.82, 2.24) is 10.2 Å². The molecule has 1 aliphatic rings. The smallest absolute Gasteiger partial charge is 0.224 e. The average Bonchev–Trinajstić information content (AvgIpc) is 2.67. The van der Waals surface area contributed by atoms with Gasteiger partial charge in [0, 0.05) is 14.0 Å². The van der Waals surface area contributed by atoms with Crippen LogP contribution < -0.4 is 14.8 Å². The summed E-state index contributed by atoms with van der Waals surface area (Å²) in [6, 6.07) is 15.0. The summed E-state index contributed by atoms with van der Waals surface area (Å²) in [5, 5.41) is 2.88. The molecule has 3 rings (SSSR count). The molecule has 2 atom stereocenters. The molecule has 2 amide bonds. The van der Waals surface area contributed by atoms with Gasteiger partial charge in [-0.1, -0.05) is 42.0 Å². The number of rotatable bonds is 6. The maximum Gasteiger partial charge on any atom is 0.224 e. The van der Waals surface area contributed by atoms with Crippen molar-refractivity contribution in [2.75, 3.05) is 20.2 Å². The quantitative estimate of drug-likeness (QED) is 0.834. The van der Waals surface area contributed by atoms with Crippen LogP contribution >= 0.6 is 0 Å². The van der Waals surface area contributed by atoms with E-state index in [0.29, 0.717) is 18.9 Å². The molecule has 28 heavy (non-hydrogen) atoms. The lowest BCUT2D eigenvalue weighted by Crippen LogP contribution is -2.42. The average molecular weight is 382 g/mol. The molecule has 1 heterocycles. The Morgan fingerprint density at radius 3 is 2.50 bits per heavy atom. The molecule has 2 aromatic carbocycles. The van der Waals surface area contributed by atoms with E-state index in [0.717, 1.165) is 16.9 Å². The molecule has 0 aliphatic carbocycles. The van der Waals surface area contributed by atoms with E-state index in [2.05, 4.69) is 5.32 Å². The molecular formula is C22H26N2O4. The summed E-state index contributed by atoms with van der Waals surface area (Å²) in [4.78, 5) is 26.0. The number of carbonyl (C=O) groups excluding carboxylic acids is 2. The first kappa shape index (κ1) is 19.7. The van der Waals surface area contributed by atoms with Gasteiger partial charge in [0.05, 0.1) is 19.0 Å². The van der Waals surface area contributed by atoms with E-state index in [1.54, 1.807) is 11.9 Å². The molecule has 0 bridgehead atoms. The highest BCUT2D eigenvalue weighted by Gasteiger charge is 2.25. The van der Waals surface area contributed by atoms with Crippen LogP contribution in [0, 0.1) is 6.92 Å². The fourth-order valence-corrected chi connectivity index (χ4v) is 3.19. The Morgan fingerprint density at radius 2 is 1.82 bits per heavy atom. The number of amides is 2. The molecule has 2 aromatic rings. The van der Waals surface area contributed by atoms with E-state index in [-0.39, 0.29) is 30.4 Å². The van der Waals surface area contributed by atoms with Crippen LogP contribution in [0.1, 0.15) is 30.5 Å². The van der Waals surface area contributed by atoms with Crippen molar-refractivity contribution < 1.29 is 19.1 Å². The van der Waals surface area contributed by atoms with Gasteiger partial charge in [0.1, 0.15) is 6.61 Å². The number of benzene rings is 2. The van der Waals surface area contributed by atoms with Crippen LogP contribution in [0.25, 0.3) is 0 Å². The van der Waals surface area contributed by atoms with Crippen LogP contribution in [-0.2, 0) is 9.59 Å². The number of hydrogen-bond donors (Lipinski definition) is 1. The van der Waals surface area contributed by atoms with Crippen LogP contribution in [-0.4, -0.2) is 43.0 Å². The predicted octanol–water partition coefficient (Wildman–Crippen LogP) is 2.86. The molecule has 2 unspecified atom stereocenters. The zero-order chi connectivity index (χ0) is 20.1. The maximum absolute atomic E-state index is 12.8. The van der Waals surface area contributed by atoms with Crippen LogP contribution in [0.15, 0.2) is 48.5 Å². The molecule has 0 spiro atoms. The minimum absolute atomic E-state index is 0.0678. The second-order valence-electron chi connectivity index (χ2n) is 7.14. The molecule has 6 nitrogen and oxygen atoms in total. The Labute approximate surface area is 165 Å². The summed E-state index contributed by atoms with van der Waals surface area (Å²) in [6.45, 7) is 4.26.